The average Bonchev–Trinajstić information content (AvgIpc) is 3.44. The van der Waals surface area contributed by atoms with Gasteiger partial charge in [0.05, 0.1) is 6.07 Å². The van der Waals surface area contributed by atoms with E-state index in [0.717, 1.165) is 31.2 Å². The van der Waals surface area contributed by atoms with Crippen molar-refractivity contribution in [1.82, 2.24) is 19.7 Å². The first-order valence-corrected chi connectivity index (χ1v) is 9.77. The van der Waals surface area contributed by atoms with E-state index in [1.807, 2.05) is 35.2 Å². The Morgan fingerprint density at radius 2 is 1.93 bits per heavy atom. The van der Waals surface area contributed by atoms with Crippen LogP contribution in [0, 0.1) is 17.2 Å². The third-order valence-corrected chi connectivity index (χ3v) is 5.94. The van der Waals surface area contributed by atoms with Crippen LogP contribution in [0.3, 0.4) is 0 Å². The zero-order chi connectivity index (χ0) is 19.7. The molecule has 2 unspecified atom stereocenters. The van der Waals surface area contributed by atoms with E-state index in [0.29, 0.717) is 18.2 Å². The number of carbonyl (C=O) groups excluding carboxylic acids is 2. The van der Waals surface area contributed by atoms with E-state index >= 15 is 0 Å². The SMILES string of the molecule is Cn1c(-c2ccccc2)nnc1C(C#N)C(=O)C1CC(=O)N(C2CCCC2)C1. The van der Waals surface area contributed by atoms with E-state index in [2.05, 4.69) is 16.3 Å². The minimum Gasteiger partial charge on any atom is -0.339 e. The van der Waals surface area contributed by atoms with Crippen LogP contribution in [0.25, 0.3) is 11.4 Å². The molecule has 7 nitrogen and oxygen atoms in total. The van der Waals surface area contributed by atoms with Gasteiger partial charge >= 0.3 is 0 Å². The quantitative estimate of drug-likeness (QED) is 0.798. The molecule has 1 aliphatic carbocycles. The van der Waals surface area contributed by atoms with Gasteiger partial charge in [0.25, 0.3) is 0 Å². The maximum Gasteiger partial charge on any atom is 0.223 e. The molecule has 1 saturated carbocycles. The summed E-state index contributed by atoms with van der Waals surface area (Å²) in [6.07, 6.45) is 4.48. The number of ketones is 1. The normalized spacial score (nSPS) is 21.1. The molecule has 1 aromatic carbocycles. The number of benzene rings is 1. The number of amides is 1. The number of rotatable bonds is 5. The number of hydrogen-bond donors (Lipinski definition) is 0. The Morgan fingerprint density at radius 3 is 2.61 bits per heavy atom. The van der Waals surface area contributed by atoms with Gasteiger partial charge in [0.15, 0.2) is 23.3 Å². The molecule has 2 atom stereocenters. The topological polar surface area (TPSA) is 91.9 Å². The lowest BCUT2D eigenvalue weighted by molar-refractivity contribution is -0.130. The Balaban J connectivity index is 1.55. The molecule has 7 heteroatoms. The van der Waals surface area contributed by atoms with Gasteiger partial charge in [-0.3, -0.25) is 9.59 Å². The van der Waals surface area contributed by atoms with Crippen LogP contribution in [-0.4, -0.2) is 43.9 Å². The Hall–Kier alpha value is -3.01. The number of carbonyl (C=O) groups is 2. The molecule has 4 rings (SSSR count). The third-order valence-electron chi connectivity index (χ3n) is 5.94. The number of nitrogens with zero attached hydrogens (tertiary/aromatic N) is 5. The van der Waals surface area contributed by atoms with Crippen LogP contribution in [0.2, 0.25) is 0 Å². The van der Waals surface area contributed by atoms with Gasteiger partial charge in [-0.15, -0.1) is 10.2 Å². The minimum atomic E-state index is -1.02. The van der Waals surface area contributed by atoms with Gasteiger partial charge in [-0.25, -0.2) is 0 Å². The van der Waals surface area contributed by atoms with Gasteiger partial charge in [-0.2, -0.15) is 5.26 Å². The number of likely N-dealkylation sites (tertiary alicyclic amines) is 1. The van der Waals surface area contributed by atoms with Crippen molar-refractivity contribution in [1.29, 1.82) is 5.26 Å². The van der Waals surface area contributed by atoms with E-state index in [1.165, 1.54) is 0 Å². The van der Waals surface area contributed by atoms with Crippen LogP contribution < -0.4 is 0 Å². The fraction of sp³-hybridized carbons (Fsp3) is 0.476. The van der Waals surface area contributed by atoms with Gasteiger partial charge < -0.3 is 9.47 Å². The molecular weight excluding hydrogens is 354 g/mol. The lowest BCUT2D eigenvalue weighted by Gasteiger charge is -2.24. The van der Waals surface area contributed by atoms with Gasteiger partial charge in [0, 0.05) is 37.5 Å². The molecule has 2 aromatic rings. The molecule has 0 radical (unpaired) electrons. The molecule has 0 spiro atoms. The summed E-state index contributed by atoms with van der Waals surface area (Å²) < 4.78 is 1.70. The van der Waals surface area contributed by atoms with E-state index in [9.17, 15) is 14.9 Å². The fourth-order valence-corrected chi connectivity index (χ4v) is 4.41. The highest BCUT2D eigenvalue weighted by Crippen LogP contribution is 2.32. The van der Waals surface area contributed by atoms with E-state index in [1.54, 1.807) is 11.6 Å². The van der Waals surface area contributed by atoms with Crippen molar-refractivity contribution in [2.24, 2.45) is 13.0 Å². The third kappa shape index (κ3) is 3.19. The fourth-order valence-electron chi connectivity index (χ4n) is 4.41. The summed E-state index contributed by atoms with van der Waals surface area (Å²) in [5.74, 6) is -0.723. The summed E-state index contributed by atoms with van der Waals surface area (Å²) in [6.45, 7) is 0.421. The molecule has 1 aliphatic heterocycles. The summed E-state index contributed by atoms with van der Waals surface area (Å²) in [6, 6.07) is 11.9. The van der Waals surface area contributed by atoms with Gasteiger partial charge in [-0.1, -0.05) is 43.2 Å². The Labute approximate surface area is 164 Å². The predicted octanol–water partition coefficient (Wildman–Crippen LogP) is 2.45. The summed E-state index contributed by atoms with van der Waals surface area (Å²) in [7, 11) is 1.76. The zero-order valence-electron chi connectivity index (χ0n) is 15.9. The maximum atomic E-state index is 13.1. The van der Waals surface area contributed by atoms with Gasteiger partial charge in [0.1, 0.15) is 0 Å². The van der Waals surface area contributed by atoms with Crippen LogP contribution in [0.15, 0.2) is 30.3 Å². The second-order valence-corrected chi connectivity index (χ2v) is 7.66. The monoisotopic (exact) mass is 377 g/mol. The molecule has 1 saturated heterocycles. The number of Topliss-reactive ketones (excluding diaryl/α,β-unsaturated/α-hetero) is 1. The molecule has 1 aromatic heterocycles. The highest BCUT2D eigenvalue weighted by molar-refractivity contribution is 5.95. The number of hydrogen-bond acceptors (Lipinski definition) is 5. The lowest BCUT2D eigenvalue weighted by Crippen LogP contribution is -2.35. The van der Waals surface area contributed by atoms with Gasteiger partial charge in [-0.05, 0) is 12.8 Å². The Bertz CT molecular complexity index is 924. The van der Waals surface area contributed by atoms with Crippen LogP contribution in [-0.2, 0) is 16.6 Å². The molecule has 2 fully saturated rings. The molecule has 1 amide bonds. The van der Waals surface area contributed by atoms with Crippen molar-refractivity contribution < 1.29 is 9.59 Å². The van der Waals surface area contributed by atoms with Crippen LogP contribution in [0.5, 0.6) is 0 Å². The van der Waals surface area contributed by atoms with Crippen molar-refractivity contribution in [3.8, 4) is 17.5 Å². The maximum absolute atomic E-state index is 13.1. The first-order chi connectivity index (χ1) is 13.6. The first-order valence-electron chi connectivity index (χ1n) is 9.77. The molecule has 2 heterocycles. The predicted molar refractivity (Wildman–Crippen MR) is 102 cm³/mol. The largest absolute Gasteiger partial charge is 0.339 e. The number of aromatic nitrogens is 3. The van der Waals surface area contributed by atoms with Crippen LogP contribution >= 0.6 is 0 Å². The van der Waals surface area contributed by atoms with Crippen LogP contribution in [0.1, 0.15) is 43.8 Å². The summed E-state index contributed by atoms with van der Waals surface area (Å²) in [5.41, 5.74) is 0.872. The summed E-state index contributed by atoms with van der Waals surface area (Å²) in [5, 5.41) is 18.0. The minimum absolute atomic E-state index is 0.0323. The average molecular weight is 377 g/mol. The smallest absolute Gasteiger partial charge is 0.223 e. The highest BCUT2D eigenvalue weighted by atomic mass is 16.2. The van der Waals surface area contributed by atoms with Crippen molar-refractivity contribution >= 4 is 11.7 Å². The molecule has 144 valence electrons. The molecule has 28 heavy (non-hydrogen) atoms. The molecule has 2 aliphatic rings. The highest BCUT2D eigenvalue weighted by Gasteiger charge is 2.42. The van der Waals surface area contributed by atoms with E-state index in [4.69, 9.17) is 0 Å². The zero-order valence-corrected chi connectivity index (χ0v) is 15.9. The summed E-state index contributed by atoms with van der Waals surface area (Å²) in [4.78, 5) is 27.4. The van der Waals surface area contributed by atoms with Crippen LogP contribution in [0.4, 0.5) is 0 Å². The second kappa shape index (κ2) is 7.55. The number of nitriles is 1. The Morgan fingerprint density at radius 1 is 1.21 bits per heavy atom. The van der Waals surface area contributed by atoms with E-state index in [-0.39, 0.29) is 24.2 Å². The lowest BCUT2D eigenvalue weighted by atomic mass is 9.92. The van der Waals surface area contributed by atoms with Crippen molar-refractivity contribution in [2.45, 2.75) is 44.1 Å². The molecular formula is C21H23N5O2. The van der Waals surface area contributed by atoms with Crippen molar-refractivity contribution in [2.75, 3.05) is 6.54 Å². The second-order valence-electron chi connectivity index (χ2n) is 7.66. The van der Waals surface area contributed by atoms with E-state index < -0.39 is 11.8 Å². The molecule has 0 N–H and O–H groups in total. The standard InChI is InChI=1S/C21H23N5O2/c1-25-20(14-7-3-2-4-8-14)23-24-21(25)17(12-22)19(28)15-11-18(27)26(13-15)16-9-5-6-10-16/h2-4,7-8,15-17H,5-6,9-11,13H2,1H3. The summed E-state index contributed by atoms with van der Waals surface area (Å²) >= 11 is 0. The van der Waals surface area contributed by atoms with Crippen molar-refractivity contribution in [3.63, 3.8) is 0 Å². The first kappa shape index (κ1) is 18.4. The van der Waals surface area contributed by atoms with Crippen molar-refractivity contribution in [3.05, 3.63) is 36.2 Å². The molecule has 0 bridgehead atoms. The van der Waals surface area contributed by atoms with Gasteiger partial charge in [0.2, 0.25) is 5.91 Å². The Kier molecular flexibility index (Phi) is 4.95.